The van der Waals surface area contributed by atoms with Gasteiger partial charge in [-0.1, -0.05) is 199 Å². The molecule has 149 heavy (non-hydrogen) atoms. The summed E-state index contributed by atoms with van der Waals surface area (Å²) in [5.74, 6) is -9.17. The first-order valence-electron chi connectivity index (χ1n) is 51.5. The van der Waals surface area contributed by atoms with Crippen molar-refractivity contribution in [1.82, 2.24) is 21.3 Å². The van der Waals surface area contributed by atoms with Crippen LogP contribution in [0.15, 0.2) is 54.6 Å². The molecule has 2 aromatic carbocycles. The average Bonchev–Trinajstić information content (AvgIpc) is 1.45. The van der Waals surface area contributed by atoms with E-state index >= 15 is 4.57 Å². The molecule has 48 heteroatoms. The molecule has 0 radical (unpaired) electrons. The second-order valence-electron chi connectivity index (χ2n) is 39.1. The number of benzene rings is 2. The number of phosphoric ester groups is 2. The highest BCUT2D eigenvalue weighted by Crippen LogP contribution is 2.56. The number of nitrogens with one attached hydrogen (secondary N) is 4. The van der Waals surface area contributed by atoms with E-state index in [0.717, 1.165) is 18.4 Å². The summed E-state index contributed by atoms with van der Waals surface area (Å²) in [6.07, 6.45) is -30.2. The van der Waals surface area contributed by atoms with Gasteiger partial charge in [0.1, 0.15) is 91.3 Å². The van der Waals surface area contributed by atoms with Crippen molar-refractivity contribution in [2.45, 2.75) is 452 Å². The quantitative estimate of drug-likeness (QED) is 0.0127. The van der Waals surface area contributed by atoms with Gasteiger partial charge in [-0.15, -0.1) is 0 Å². The van der Waals surface area contributed by atoms with Gasteiger partial charge in [0.25, 0.3) is 0 Å². The molecule has 11 N–H and O–H groups in total. The number of aliphatic hydroxyl groups is 5. The third-order valence-electron chi connectivity index (χ3n) is 26.4. The van der Waals surface area contributed by atoms with Crippen molar-refractivity contribution in [3.8, 4) is 0 Å². The van der Waals surface area contributed by atoms with Crippen LogP contribution in [0.4, 0.5) is 0 Å². The maximum atomic E-state index is 15.1. The van der Waals surface area contributed by atoms with E-state index in [4.69, 9.17) is 93.6 Å². The second-order valence-corrected chi connectivity index (χ2v) is 46.7. The maximum absolute atomic E-state index is 15.1. The fourth-order valence-electron chi connectivity index (χ4n) is 15.8. The van der Waals surface area contributed by atoms with E-state index in [1.807, 2.05) is 78.0 Å². The molecular formula is C101H166N4O41P2Si. The number of hydrogen-bond donors (Lipinski definition) is 11. The second kappa shape index (κ2) is 64.4. The summed E-state index contributed by atoms with van der Waals surface area (Å²) >= 11 is 0. The zero-order valence-corrected chi connectivity index (χ0v) is 91.6. The van der Waals surface area contributed by atoms with Gasteiger partial charge in [-0.05, 0) is 85.2 Å². The maximum Gasteiger partial charge on any atom is 0.475 e. The summed E-state index contributed by atoms with van der Waals surface area (Å²) < 4.78 is 148. The minimum Gasteiger partial charge on any atom is -0.462 e. The average molecular weight is 2180 g/mol. The zero-order chi connectivity index (χ0) is 110. The van der Waals surface area contributed by atoms with Crippen LogP contribution in [0.25, 0.3) is 0 Å². The van der Waals surface area contributed by atoms with Crippen molar-refractivity contribution < 1.29 is 196 Å². The smallest absolute Gasteiger partial charge is 0.462 e. The summed E-state index contributed by atoms with van der Waals surface area (Å²) in [5, 5.41) is 63.7. The molecule has 45 nitrogen and oxygen atoms in total. The van der Waals surface area contributed by atoms with Gasteiger partial charge >= 0.3 is 63.4 Å². The Balaban J connectivity index is 0.000000544. The first-order chi connectivity index (χ1) is 69.9. The molecule has 0 spiro atoms. The predicted molar refractivity (Wildman–Crippen MR) is 535 cm³/mol. The van der Waals surface area contributed by atoms with E-state index in [1.54, 1.807) is 79.7 Å². The molecule has 0 aliphatic carbocycles. The van der Waals surface area contributed by atoms with Crippen LogP contribution in [-0.2, 0) is 180 Å². The molecule has 4 saturated heterocycles. The Labute approximate surface area is 875 Å². The number of amides is 4. The van der Waals surface area contributed by atoms with E-state index in [-0.39, 0.29) is 147 Å². The largest absolute Gasteiger partial charge is 0.475 e. The molecule has 4 fully saturated rings. The molecule has 0 saturated carbocycles. The SMILES string of the molecule is C.CCC(=O)O[C@H](CC)CC(=O)NC1[C@H](OCC2OC(O)C(NC(=O)C[C@H](O)CC)[C@@H](OC(=O)C[C@H](O)CC)[C@@H]2O)OC(CO)[C@@H](OP(=O)(O)O)[C@@H]1OC(=O)C[C@@H](CC)OC(=O)CC.CCC(=O)O[C@H](CC)CC(=O)NC1[C@H](OCC2O[C@@H](O[Si](C)(C)C(C)(C)C)C(NC(=O)C[C@H](C)CC)[C@@H](OC(=O)C[C@H](C)CC)[C@@H]2C)OC(COCc2ccccc2)[C@@H](OP2(=O)OCc3ccccc3CO2)[C@@H]1OC(=O)C[C@@H](CC)OC(=O)CC. The number of carbonyl (C=O) groups is 12. The fraction of sp³-hybridized carbons (Fsp3) is 0.762. The Morgan fingerprint density at radius 1 is 0.450 bits per heavy atom. The lowest BCUT2D eigenvalue weighted by atomic mass is 9.88. The number of rotatable bonds is 57. The van der Waals surface area contributed by atoms with Gasteiger partial charge in [0, 0.05) is 44.4 Å². The van der Waals surface area contributed by atoms with E-state index in [2.05, 4.69) is 42.0 Å². The molecular weight excluding hydrogens is 2020 g/mol. The van der Waals surface area contributed by atoms with Gasteiger partial charge in [0.15, 0.2) is 51.8 Å². The minimum absolute atomic E-state index is 0. The number of aliphatic hydroxyl groups excluding tert-OH is 5. The van der Waals surface area contributed by atoms with Crippen LogP contribution in [0.5, 0.6) is 0 Å². The molecule has 2 aromatic rings. The van der Waals surface area contributed by atoms with Crippen LogP contribution in [0.1, 0.15) is 277 Å². The van der Waals surface area contributed by atoms with Gasteiger partial charge in [-0.3, -0.25) is 75.6 Å². The van der Waals surface area contributed by atoms with Crippen LogP contribution in [0.3, 0.4) is 0 Å². The molecule has 850 valence electrons. The van der Waals surface area contributed by atoms with E-state index in [1.165, 1.54) is 13.8 Å². The van der Waals surface area contributed by atoms with Gasteiger partial charge in [-0.2, -0.15) is 0 Å². The van der Waals surface area contributed by atoms with Crippen molar-refractivity contribution in [2.75, 3.05) is 26.4 Å². The van der Waals surface area contributed by atoms with Crippen molar-refractivity contribution >= 4 is 95.3 Å². The highest BCUT2D eigenvalue weighted by molar-refractivity contribution is 7.48. The van der Waals surface area contributed by atoms with Crippen LogP contribution >= 0.6 is 15.6 Å². The summed E-state index contributed by atoms with van der Waals surface area (Å²) in [6, 6.07) is 10.6. The number of ether oxygens (including phenoxy) is 15. The van der Waals surface area contributed by atoms with E-state index in [9.17, 15) is 97.4 Å². The Morgan fingerprint density at radius 3 is 1.29 bits per heavy atom. The molecule has 4 amide bonds. The van der Waals surface area contributed by atoms with Gasteiger partial charge < -0.3 is 132 Å². The van der Waals surface area contributed by atoms with Gasteiger partial charge in [0.05, 0.1) is 103 Å². The van der Waals surface area contributed by atoms with Gasteiger partial charge in [-0.25, -0.2) is 9.13 Å². The highest BCUT2D eigenvalue weighted by Gasteiger charge is 2.59. The number of carbonyl (C=O) groups excluding carboxylic acids is 12. The number of fused-ring (bicyclic) bond motifs is 1. The van der Waals surface area contributed by atoms with Crippen LogP contribution in [0, 0.1) is 17.8 Å². The lowest BCUT2D eigenvalue weighted by Gasteiger charge is -2.49. The van der Waals surface area contributed by atoms with Crippen LogP contribution < -0.4 is 21.3 Å². The lowest BCUT2D eigenvalue weighted by molar-refractivity contribution is -0.298. The topological polar surface area (TPSA) is 613 Å². The molecule has 5 heterocycles. The molecule has 28 atom stereocenters. The Hall–Kier alpha value is -8.00. The highest BCUT2D eigenvalue weighted by atomic mass is 31.2. The minimum atomic E-state index is -5.50. The molecule has 0 aromatic heterocycles. The van der Waals surface area contributed by atoms with Crippen LogP contribution in [0.2, 0.25) is 18.1 Å². The third kappa shape index (κ3) is 43.0. The van der Waals surface area contributed by atoms with Crippen molar-refractivity contribution in [3.63, 3.8) is 0 Å². The standard InChI is InChI=1S/C62H97N2O19PSi.C38H65N2O22P.CH4/c1-15-39(7)30-49(65)63-55-57(80-53(69)31-40(8)16-2)41(9)47(78-61(55)83-85(13,14)62(10,11)12)38-73-60-56(64-50(66)32-45(17-3)76-51(67)19-5)59(81-54(70)33-46(18-4)77-52(68)20-6)58(48(79-60)37-72-34-42-26-22-21-23-27-42)82-84(71)74-35-43-28-24-25-29-44(43)36-75-84;1-7-19(42)13-25(44)39-31-35(60-29(48)14-20(43)8-2)33(50)24(58-37(31)51)18-55-38-32(40-26(45)15-21(9-3)56-27(46)11-5)36(34(23(17-41)59-38)62-63(52,53)54)61-30(49)16-22(10-4)57-28(47)12-6;/h21-29,39-41,45-48,55-61H,15-20,30-38H2,1-14H3,(H,63,65)(H,64,66);19-24,31-38,41-43,50-51H,7-18H2,1-6H3,(H,39,44)(H,40,45)(H2,52,53,54);1H4/t39-,40-,41-,45-,46-,47?,48?,55?,56?,57+,58-,59-,60-,61+;19-,20-,21-,22-,23?,24?,31?,32?,33-,34-,35-,36-,37?,38-;/m11./s1. The number of esters is 8. The summed E-state index contributed by atoms with van der Waals surface area (Å²) in [5.41, 5.74) is 2.18. The van der Waals surface area contributed by atoms with Crippen molar-refractivity contribution in [1.29, 1.82) is 0 Å². The Kier molecular flexibility index (Phi) is 56.8. The normalized spacial score (nSPS) is 26.5. The van der Waals surface area contributed by atoms with Crippen molar-refractivity contribution in [3.05, 3.63) is 71.3 Å². The van der Waals surface area contributed by atoms with E-state index < -0.39 is 294 Å². The summed E-state index contributed by atoms with van der Waals surface area (Å²) in [7, 11) is -12.9. The number of phosphoric acid groups is 2. The van der Waals surface area contributed by atoms with Crippen LogP contribution in [-0.4, -0.2) is 295 Å². The van der Waals surface area contributed by atoms with Crippen molar-refractivity contribution in [2.24, 2.45) is 17.8 Å². The first kappa shape index (κ1) is 131. The fourth-order valence-corrected chi connectivity index (χ4v) is 18.9. The molecule has 0 bridgehead atoms. The Morgan fingerprint density at radius 2 is 0.839 bits per heavy atom. The summed E-state index contributed by atoms with van der Waals surface area (Å²) in [6.45, 7) is 33.4. The monoisotopic (exact) mass is 2180 g/mol. The molecule has 9 unspecified atom stereocenters. The van der Waals surface area contributed by atoms with Gasteiger partial charge in [0.2, 0.25) is 23.6 Å². The molecule has 5 aliphatic heterocycles. The zero-order valence-electron chi connectivity index (χ0n) is 88.9. The molecule has 5 aliphatic rings. The lowest BCUT2D eigenvalue weighted by Crippen LogP contribution is -2.68. The molecule has 7 rings (SSSR count). The predicted octanol–water partition coefficient (Wildman–Crippen LogP) is 9.75. The first-order valence-corrected chi connectivity index (χ1v) is 57.4. The number of hydrogen-bond acceptors (Lipinski definition) is 39. The Bertz CT molecular complexity index is 4560. The third-order valence-corrected chi connectivity index (χ3v) is 32.8. The van der Waals surface area contributed by atoms with E-state index in [0.29, 0.717) is 11.1 Å². The summed E-state index contributed by atoms with van der Waals surface area (Å²) in [4.78, 5) is 179.